The molecule has 1 aliphatic heterocycles. The molecule has 1 aliphatic rings. The highest BCUT2D eigenvalue weighted by Gasteiger charge is 2.25. The van der Waals surface area contributed by atoms with Gasteiger partial charge in [-0.1, -0.05) is 42.5 Å². The molecule has 0 bridgehead atoms. The van der Waals surface area contributed by atoms with E-state index in [4.69, 9.17) is 0 Å². The lowest BCUT2D eigenvalue weighted by atomic mass is 10.1. The molecule has 1 N–H and O–H groups in total. The standard InChI is InChI=1S/C24H23FN4O/c1-17(15-18-7-3-2-4-8-18)24(30)26-19-13-14-29(16-19)23-12-11-22(27-28-23)20-9-5-6-10-21(20)25/h2-12,15,19H,13-14,16H2,1H3,(H,26,30)/b17-15+/t19-/m1/s1. The lowest BCUT2D eigenvalue weighted by Gasteiger charge is -2.18. The van der Waals surface area contributed by atoms with Crippen LogP contribution in [0, 0.1) is 5.82 Å². The Labute approximate surface area is 175 Å². The van der Waals surface area contributed by atoms with Gasteiger partial charge in [0.25, 0.3) is 0 Å². The third-order valence-corrected chi connectivity index (χ3v) is 5.19. The molecule has 0 aliphatic carbocycles. The van der Waals surface area contributed by atoms with E-state index < -0.39 is 0 Å². The second-order valence-corrected chi connectivity index (χ2v) is 7.40. The molecule has 0 spiro atoms. The van der Waals surface area contributed by atoms with E-state index >= 15 is 0 Å². The third kappa shape index (κ3) is 4.54. The molecular formula is C24H23FN4O. The molecule has 1 fully saturated rings. The molecule has 152 valence electrons. The van der Waals surface area contributed by atoms with Crippen LogP contribution in [0.3, 0.4) is 0 Å². The molecule has 30 heavy (non-hydrogen) atoms. The van der Waals surface area contributed by atoms with Gasteiger partial charge in [0, 0.05) is 30.3 Å². The molecule has 1 saturated heterocycles. The van der Waals surface area contributed by atoms with Gasteiger partial charge < -0.3 is 10.2 Å². The van der Waals surface area contributed by atoms with Crippen LogP contribution in [0.5, 0.6) is 0 Å². The fourth-order valence-corrected chi connectivity index (χ4v) is 3.56. The Morgan fingerprint density at radius 3 is 2.57 bits per heavy atom. The SMILES string of the molecule is C/C(=C\c1ccccc1)C(=O)N[C@@H]1CCN(c2ccc(-c3ccccc3F)nn2)C1. The largest absolute Gasteiger partial charge is 0.353 e. The van der Waals surface area contributed by atoms with Gasteiger partial charge in [-0.3, -0.25) is 4.79 Å². The fraction of sp³-hybridized carbons (Fsp3) is 0.208. The zero-order valence-electron chi connectivity index (χ0n) is 16.8. The molecule has 1 amide bonds. The summed E-state index contributed by atoms with van der Waals surface area (Å²) in [6, 6.07) is 20.0. The second kappa shape index (κ2) is 8.86. The number of benzene rings is 2. The maximum Gasteiger partial charge on any atom is 0.247 e. The lowest BCUT2D eigenvalue weighted by Crippen LogP contribution is -2.37. The van der Waals surface area contributed by atoms with E-state index in [0.717, 1.165) is 24.3 Å². The van der Waals surface area contributed by atoms with E-state index in [-0.39, 0.29) is 17.8 Å². The van der Waals surface area contributed by atoms with Crippen LogP contribution < -0.4 is 10.2 Å². The zero-order valence-corrected chi connectivity index (χ0v) is 16.8. The molecule has 0 saturated carbocycles. The van der Waals surface area contributed by atoms with E-state index in [9.17, 15) is 9.18 Å². The van der Waals surface area contributed by atoms with Crippen LogP contribution in [-0.4, -0.2) is 35.2 Å². The first-order valence-corrected chi connectivity index (χ1v) is 9.98. The number of carbonyl (C=O) groups excluding carboxylic acids is 1. The Kier molecular flexibility index (Phi) is 5.84. The van der Waals surface area contributed by atoms with Crippen molar-refractivity contribution >= 4 is 17.8 Å². The van der Waals surface area contributed by atoms with Crippen LogP contribution in [0.15, 0.2) is 72.3 Å². The van der Waals surface area contributed by atoms with E-state index in [1.807, 2.05) is 49.4 Å². The summed E-state index contributed by atoms with van der Waals surface area (Å²) in [5, 5.41) is 11.6. The summed E-state index contributed by atoms with van der Waals surface area (Å²) in [4.78, 5) is 14.6. The number of hydrogen-bond acceptors (Lipinski definition) is 4. The minimum absolute atomic E-state index is 0.0460. The molecule has 6 heteroatoms. The number of nitrogens with one attached hydrogen (secondary N) is 1. The smallest absolute Gasteiger partial charge is 0.247 e. The number of amides is 1. The van der Waals surface area contributed by atoms with E-state index in [1.54, 1.807) is 24.3 Å². The van der Waals surface area contributed by atoms with Gasteiger partial charge >= 0.3 is 0 Å². The van der Waals surface area contributed by atoms with Crippen molar-refractivity contribution in [3.05, 3.63) is 83.7 Å². The number of anilines is 1. The van der Waals surface area contributed by atoms with E-state index in [0.29, 0.717) is 23.4 Å². The monoisotopic (exact) mass is 402 g/mol. The van der Waals surface area contributed by atoms with Crippen molar-refractivity contribution < 1.29 is 9.18 Å². The van der Waals surface area contributed by atoms with Gasteiger partial charge in [-0.2, -0.15) is 0 Å². The van der Waals surface area contributed by atoms with Crippen molar-refractivity contribution in [3.63, 3.8) is 0 Å². The minimum atomic E-state index is -0.317. The Balaban J connectivity index is 1.37. The predicted octanol–water partition coefficient (Wildman–Crippen LogP) is 4.08. The van der Waals surface area contributed by atoms with Gasteiger partial charge in [0.2, 0.25) is 5.91 Å². The van der Waals surface area contributed by atoms with E-state index in [1.165, 1.54) is 6.07 Å². The minimum Gasteiger partial charge on any atom is -0.353 e. The molecule has 1 atom stereocenters. The molecule has 3 aromatic rings. The van der Waals surface area contributed by atoms with Crippen molar-refractivity contribution in [1.29, 1.82) is 0 Å². The first-order valence-electron chi connectivity index (χ1n) is 9.98. The summed E-state index contributed by atoms with van der Waals surface area (Å²) in [6.07, 6.45) is 2.72. The van der Waals surface area contributed by atoms with Crippen molar-refractivity contribution in [2.24, 2.45) is 0 Å². The van der Waals surface area contributed by atoms with Gasteiger partial charge in [-0.25, -0.2) is 4.39 Å². The van der Waals surface area contributed by atoms with Gasteiger partial charge in [0.15, 0.2) is 5.82 Å². The fourth-order valence-electron chi connectivity index (χ4n) is 3.56. The highest BCUT2D eigenvalue weighted by molar-refractivity contribution is 5.97. The Hall–Kier alpha value is -3.54. The van der Waals surface area contributed by atoms with Crippen molar-refractivity contribution in [1.82, 2.24) is 15.5 Å². The number of hydrogen-bond donors (Lipinski definition) is 1. The maximum atomic E-state index is 13.9. The third-order valence-electron chi connectivity index (χ3n) is 5.19. The number of nitrogens with zero attached hydrogens (tertiary/aromatic N) is 3. The highest BCUT2D eigenvalue weighted by Crippen LogP contribution is 2.23. The number of halogens is 1. The highest BCUT2D eigenvalue weighted by atomic mass is 19.1. The Morgan fingerprint density at radius 2 is 1.83 bits per heavy atom. The summed E-state index contributed by atoms with van der Waals surface area (Å²) in [5.74, 6) is 0.345. The quantitative estimate of drug-likeness (QED) is 0.654. The molecule has 4 rings (SSSR count). The number of rotatable bonds is 5. The average Bonchev–Trinajstić information content (AvgIpc) is 3.23. The zero-order chi connectivity index (χ0) is 20.9. The summed E-state index contributed by atoms with van der Waals surface area (Å²) in [7, 11) is 0. The van der Waals surface area contributed by atoms with Crippen molar-refractivity contribution in [2.45, 2.75) is 19.4 Å². The number of aromatic nitrogens is 2. The topological polar surface area (TPSA) is 58.1 Å². The van der Waals surface area contributed by atoms with Crippen molar-refractivity contribution in [3.8, 4) is 11.3 Å². The van der Waals surface area contributed by atoms with Crippen LogP contribution >= 0.6 is 0 Å². The molecule has 2 heterocycles. The first kappa shape index (κ1) is 19.8. The van der Waals surface area contributed by atoms with Gasteiger partial charge in [0.1, 0.15) is 5.82 Å². The molecule has 0 radical (unpaired) electrons. The van der Waals surface area contributed by atoms with Crippen LogP contribution in [0.1, 0.15) is 18.9 Å². The van der Waals surface area contributed by atoms with Crippen LogP contribution in [0.2, 0.25) is 0 Å². The Morgan fingerprint density at radius 1 is 1.07 bits per heavy atom. The first-order chi connectivity index (χ1) is 14.6. The summed E-state index contributed by atoms with van der Waals surface area (Å²) in [5.41, 5.74) is 2.61. The Bertz CT molecular complexity index is 1050. The molecular weight excluding hydrogens is 379 g/mol. The van der Waals surface area contributed by atoms with Gasteiger partial charge in [-0.05, 0) is 49.2 Å². The maximum absolute atomic E-state index is 13.9. The van der Waals surface area contributed by atoms with Gasteiger partial charge in [0.05, 0.1) is 5.69 Å². The lowest BCUT2D eigenvalue weighted by molar-refractivity contribution is -0.117. The summed E-state index contributed by atoms with van der Waals surface area (Å²) in [6.45, 7) is 3.26. The normalized spacial score (nSPS) is 16.5. The van der Waals surface area contributed by atoms with Crippen LogP contribution in [0.25, 0.3) is 17.3 Å². The summed E-state index contributed by atoms with van der Waals surface area (Å²) < 4.78 is 13.9. The number of carbonyl (C=O) groups is 1. The van der Waals surface area contributed by atoms with Crippen molar-refractivity contribution in [2.75, 3.05) is 18.0 Å². The second-order valence-electron chi connectivity index (χ2n) is 7.40. The molecule has 0 unspecified atom stereocenters. The summed E-state index contributed by atoms with van der Waals surface area (Å²) >= 11 is 0. The predicted molar refractivity (Wildman–Crippen MR) is 116 cm³/mol. The molecule has 2 aromatic carbocycles. The van der Waals surface area contributed by atoms with Gasteiger partial charge in [-0.15, -0.1) is 10.2 Å². The average molecular weight is 402 g/mol. The molecule has 5 nitrogen and oxygen atoms in total. The van der Waals surface area contributed by atoms with Crippen LogP contribution in [-0.2, 0) is 4.79 Å². The molecule has 1 aromatic heterocycles. The van der Waals surface area contributed by atoms with Crippen LogP contribution in [0.4, 0.5) is 10.2 Å². The van der Waals surface area contributed by atoms with E-state index in [2.05, 4.69) is 20.4 Å².